The molecule has 6 nitrogen and oxygen atoms in total. The summed E-state index contributed by atoms with van der Waals surface area (Å²) < 4.78 is 10.3. The molecular weight excluding hydrogens is 238 g/mol. The molecule has 0 saturated carbocycles. The number of aliphatic carboxylic acids is 1. The fraction of sp³-hybridized carbons (Fsp3) is 0.167. The van der Waals surface area contributed by atoms with Gasteiger partial charge in [0.05, 0.1) is 0 Å². The number of carboxylic acids is 1. The summed E-state index contributed by atoms with van der Waals surface area (Å²) in [5, 5.41) is 11.1. The molecular formula is C12H11NO5. The summed E-state index contributed by atoms with van der Waals surface area (Å²) in [4.78, 5) is 22.1. The Hall–Kier alpha value is -2.50. The number of anilines is 1. The van der Waals surface area contributed by atoms with E-state index in [9.17, 15) is 9.59 Å². The molecule has 1 amide bonds. The van der Waals surface area contributed by atoms with Crippen LogP contribution in [0.1, 0.15) is 6.92 Å². The molecule has 0 unspecified atom stereocenters. The van der Waals surface area contributed by atoms with E-state index in [-0.39, 0.29) is 12.4 Å². The summed E-state index contributed by atoms with van der Waals surface area (Å²) >= 11 is 0. The molecule has 0 bridgehead atoms. The van der Waals surface area contributed by atoms with Crippen LogP contribution in [0.3, 0.4) is 0 Å². The standard InChI is InChI=1S/C12H11NO5/c1-7(4-11(14)15)12(16)13-8-2-3-9-10(5-8)18-6-17-9/h2-5H,6H2,1H3,(H,13,16)(H,14,15). The molecule has 0 fully saturated rings. The summed E-state index contributed by atoms with van der Waals surface area (Å²) in [6.45, 7) is 1.58. The summed E-state index contributed by atoms with van der Waals surface area (Å²) in [6, 6.07) is 4.95. The topological polar surface area (TPSA) is 84.9 Å². The highest BCUT2D eigenvalue weighted by Gasteiger charge is 2.14. The number of fused-ring (bicyclic) bond motifs is 1. The van der Waals surface area contributed by atoms with E-state index in [1.165, 1.54) is 6.92 Å². The highest BCUT2D eigenvalue weighted by Crippen LogP contribution is 2.34. The Morgan fingerprint density at radius 3 is 2.78 bits per heavy atom. The molecule has 1 aromatic carbocycles. The van der Waals surface area contributed by atoms with Crippen LogP contribution in [-0.4, -0.2) is 23.8 Å². The van der Waals surface area contributed by atoms with E-state index in [4.69, 9.17) is 14.6 Å². The van der Waals surface area contributed by atoms with Crippen LogP contribution in [0, 0.1) is 0 Å². The first-order chi connectivity index (χ1) is 8.56. The van der Waals surface area contributed by atoms with E-state index < -0.39 is 11.9 Å². The van der Waals surface area contributed by atoms with Crippen LogP contribution in [0.25, 0.3) is 0 Å². The maximum atomic E-state index is 11.6. The Bertz CT molecular complexity index is 535. The third-order valence-electron chi connectivity index (χ3n) is 2.33. The Morgan fingerprint density at radius 2 is 2.06 bits per heavy atom. The van der Waals surface area contributed by atoms with Gasteiger partial charge in [0.15, 0.2) is 11.5 Å². The predicted molar refractivity (Wildman–Crippen MR) is 62.6 cm³/mol. The van der Waals surface area contributed by atoms with E-state index in [1.807, 2.05) is 0 Å². The smallest absolute Gasteiger partial charge is 0.328 e. The fourth-order valence-corrected chi connectivity index (χ4v) is 1.45. The van der Waals surface area contributed by atoms with Gasteiger partial charge in [-0.25, -0.2) is 4.79 Å². The molecule has 0 spiro atoms. The number of rotatable bonds is 3. The number of benzene rings is 1. The van der Waals surface area contributed by atoms with Crippen LogP contribution in [-0.2, 0) is 9.59 Å². The molecule has 2 N–H and O–H groups in total. The number of ether oxygens (including phenoxy) is 2. The van der Waals surface area contributed by atoms with Crippen molar-refractivity contribution in [2.24, 2.45) is 0 Å². The van der Waals surface area contributed by atoms with Gasteiger partial charge in [-0.1, -0.05) is 0 Å². The lowest BCUT2D eigenvalue weighted by Crippen LogP contribution is -2.13. The number of carboxylic acid groups (broad SMARTS) is 1. The van der Waals surface area contributed by atoms with Gasteiger partial charge in [-0.05, 0) is 19.1 Å². The minimum absolute atomic E-state index is 0.111. The molecule has 0 saturated heterocycles. The minimum atomic E-state index is -1.16. The molecule has 1 aliphatic heterocycles. The molecule has 6 heteroatoms. The van der Waals surface area contributed by atoms with Gasteiger partial charge in [-0.3, -0.25) is 4.79 Å². The second-order valence-corrected chi connectivity index (χ2v) is 3.69. The molecule has 0 aromatic heterocycles. The van der Waals surface area contributed by atoms with E-state index in [1.54, 1.807) is 18.2 Å². The monoisotopic (exact) mass is 249 g/mol. The van der Waals surface area contributed by atoms with Crippen LogP contribution in [0.2, 0.25) is 0 Å². The summed E-state index contributed by atoms with van der Waals surface area (Å²) in [5.41, 5.74) is 0.627. The second-order valence-electron chi connectivity index (χ2n) is 3.69. The Morgan fingerprint density at radius 1 is 1.33 bits per heavy atom. The van der Waals surface area contributed by atoms with Crippen molar-refractivity contribution in [2.75, 3.05) is 12.1 Å². The maximum absolute atomic E-state index is 11.6. The molecule has 0 aliphatic carbocycles. The Labute approximate surface area is 103 Å². The van der Waals surface area contributed by atoms with Gasteiger partial charge >= 0.3 is 5.97 Å². The van der Waals surface area contributed by atoms with E-state index in [0.29, 0.717) is 17.2 Å². The quantitative estimate of drug-likeness (QED) is 0.790. The first-order valence-electron chi connectivity index (χ1n) is 5.18. The molecule has 1 heterocycles. The van der Waals surface area contributed by atoms with Crippen molar-refractivity contribution in [2.45, 2.75) is 6.92 Å². The zero-order chi connectivity index (χ0) is 13.1. The van der Waals surface area contributed by atoms with Crippen LogP contribution < -0.4 is 14.8 Å². The molecule has 0 atom stereocenters. The molecule has 18 heavy (non-hydrogen) atoms. The molecule has 2 rings (SSSR count). The minimum Gasteiger partial charge on any atom is -0.478 e. The van der Waals surface area contributed by atoms with E-state index >= 15 is 0 Å². The molecule has 1 aromatic rings. The van der Waals surface area contributed by atoms with Gasteiger partial charge in [0.1, 0.15) is 0 Å². The highest BCUT2D eigenvalue weighted by molar-refractivity contribution is 6.06. The number of carbonyl (C=O) groups excluding carboxylic acids is 1. The van der Waals surface area contributed by atoms with Gasteiger partial charge in [0.25, 0.3) is 5.91 Å². The largest absolute Gasteiger partial charge is 0.478 e. The second kappa shape index (κ2) is 4.79. The van der Waals surface area contributed by atoms with Crippen LogP contribution in [0.15, 0.2) is 29.8 Å². The summed E-state index contributed by atoms with van der Waals surface area (Å²) in [7, 11) is 0. The first kappa shape index (κ1) is 12.0. The summed E-state index contributed by atoms with van der Waals surface area (Å²) in [5.74, 6) is -0.469. The Balaban J connectivity index is 2.10. The van der Waals surface area contributed by atoms with Crippen molar-refractivity contribution in [3.63, 3.8) is 0 Å². The highest BCUT2D eigenvalue weighted by atomic mass is 16.7. The maximum Gasteiger partial charge on any atom is 0.328 e. The average Bonchev–Trinajstić information content (AvgIpc) is 2.75. The SMILES string of the molecule is CC(=CC(=O)O)C(=O)Nc1ccc2c(c1)OCO2. The van der Waals surface area contributed by atoms with Crippen molar-refractivity contribution in [3.05, 3.63) is 29.8 Å². The van der Waals surface area contributed by atoms with Gasteiger partial charge in [-0.15, -0.1) is 0 Å². The van der Waals surface area contributed by atoms with Gasteiger partial charge in [0, 0.05) is 23.4 Å². The zero-order valence-electron chi connectivity index (χ0n) is 9.60. The van der Waals surface area contributed by atoms with Crippen molar-refractivity contribution in [3.8, 4) is 11.5 Å². The predicted octanol–water partition coefficient (Wildman–Crippen LogP) is 1.38. The van der Waals surface area contributed by atoms with Crippen molar-refractivity contribution >= 4 is 17.6 Å². The van der Waals surface area contributed by atoms with Crippen molar-refractivity contribution < 1.29 is 24.2 Å². The lowest BCUT2D eigenvalue weighted by Gasteiger charge is -2.05. The first-order valence-corrected chi connectivity index (χ1v) is 5.18. The van der Waals surface area contributed by atoms with Crippen LogP contribution in [0.5, 0.6) is 11.5 Å². The number of nitrogens with one attached hydrogen (secondary N) is 1. The lowest BCUT2D eigenvalue weighted by atomic mass is 10.2. The third kappa shape index (κ3) is 2.60. The third-order valence-corrected chi connectivity index (χ3v) is 2.33. The number of hydrogen-bond donors (Lipinski definition) is 2. The van der Waals surface area contributed by atoms with Crippen LogP contribution >= 0.6 is 0 Å². The molecule has 94 valence electrons. The van der Waals surface area contributed by atoms with Crippen LogP contribution in [0.4, 0.5) is 5.69 Å². The van der Waals surface area contributed by atoms with Gasteiger partial charge < -0.3 is 19.9 Å². The summed E-state index contributed by atoms with van der Waals surface area (Å²) in [6.07, 6.45) is 0.850. The van der Waals surface area contributed by atoms with Crippen molar-refractivity contribution in [1.82, 2.24) is 0 Å². The van der Waals surface area contributed by atoms with Crippen molar-refractivity contribution in [1.29, 1.82) is 0 Å². The number of carbonyl (C=O) groups is 2. The normalized spacial score (nSPS) is 13.3. The Kier molecular flexibility index (Phi) is 3.18. The van der Waals surface area contributed by atoms with E-state index in [2.05, 4.69) is 5.32 Å². The number of hydrogen-bond acceptors (Lipinski definition) is 4. The average molecular weight is 249 g/mol. The molecule has 1 aliphatic rings. The van der Waals surface area contributed by atoms with E-state index in [0.717, 1.165) is 6.08 Å². The molecule has 0 radical (unpaired) electrons. The van der Waals surface area contributed by atoms with Gasteiger partial charge in [-0.2, -0.15) is 0 Å². The number of amides is 1. The fourth-order valence-electron chi connectivity index (χ4n) is 1.45. The lowest BCUT2D eigenvalue weighted by molar-refractivity contribution is -0.131. The zero-order valence-corrected chi connectivity index (χ0v) is 9.60. The van der Waals surface area contributed by atoms with Gasteiger partial charge in [0.2, 0.25) is 6.79 Å².